The van der Waals surface area contributed by atoms with Crippen molar-refractivity contribution in [3.05, 3.63) is 45.8 Å². The predicted octanol–water partition coefficient (Wildman–Crippen LogP) is 3.66. The van der Waals surface area contributed by atoms with E-state index in [0.29, 0.717) is 10.6 Å². The minimum Gasteiger partial charge on any atom is -0.465 e. The van der Waals surface area contributed by atoms with Crippen LogP contribution in [0, 0.1) is 0 Å². The predicted molar refractivity (Wildman–Crippen MR) is 99.9 cm³/mol. The molecule has 0 radical (unpaired) electrons. The van der Waals surface area contributed by atoms with Crippen molar-refractivity contribution in [3.8, 4) is 0 Å². The summed E-state index contributed by atoms with van der Waals surface area (Å²) in [5.41, 5.74) is 1.31. The molecule has 0 atom stereocenters. The first kappa shape index (κ1) is 20.4. The lowest BCUT2D eigenvalue weighted by molar-refractivity contribution is 0.0601. The van der Waals surface area contributed by atoms with Gasteiger partial charge in [-0.25, -0.2) is 13.2 Å². The number of nitrogens with one attached hydrogen (secondary N) is 1. The highest BCUT2D eigenvalue weighted by atomic mass is 32.2. The molecule has 1 aromatic carbocycles. The number of carbonyl (C=O) groups excluding carboxylic acids is 2. The summed E-state index contributed by atoms with van der Waals surface area (Å²) in [5.74, 6) is -4.65. The first-order valence-electron chi connectivity index (χ1n) is 8.42. The molecule has 0 spiro atoms. The molecule has 1 heterocycles. The zero-order chi connectivity index (χ0) is 20.5. The molecule has 1 N–H and O–H groups in total. The molecule has 0 fully saturated rings. The molecule has 0 aliphatic heterocycles. The largest absolute Gasteiger partial charge is 0.465 e. The summed E-state index contributed by atoms with van der Waals surface area (Å²) < 4.78 is 53.0. The van der Waals surface area contributed by atoms with Crippen LogP contribution in [0.25, 0.3) is 0 Å². The molecule has 0 saturated carbocycles. The number of fused-ring (bicyclic) bond motifs is 1. The van der Waals surface area contributed by atoms with E-state index < -0.39 is 32.4 Å². The van der Waals surface area contributed by atoms with Gasteiger partial charge in [-0.3, -0.25) is 4.79 Å². The second-order valence-corrected chi connectivity index (χ2v) is 9.21. The van der Waals surface area contributed by atoms with Gasteiger partial charge in [0.25, 0.3) is 5.91 Å². The molecule has 1 amide bonds. The highest BCUT2D eigenvalue weighted by Gasteiger charge is 2.28. The topological polar surface area (TPSA) is 89.5 Å². The number of amides is 1. The smallest absolute Gasteiger partial charge is 0.341 e. The zero-order valence-electron chi connectivity index (χ0n) is 14.8. The van der Waals surface area contributed by atoms with Crippen molar-refractivity contribution in [2.45, 2.75) is 36.3 Å². The number of ether oxygens (including phenoxy) is 1. The summed E-state index contributed by atoms with van der Waals surface area (Å²) in [6.07, 6.45) is 3.50. The van der Waals surface area contributed by atoms with Crippen LogP contribution in [0.4, 0.5) is 13.8 Å². The minimum atomic E-state index is -4.73. The first-order chi connectivity index (χ1) is 13.3. The fourth-order valence-electron chi connectivity index (χ4n) is 3.05. The van der Waals surface area contributed by atoms with Gasteiger partial charge in [0.05, 0.1) is 17.6 Å². The van der Waals surface area contributed by atoms with Crippen LogP contribution in [0.5, 0.6) is 0 Å². The Kier molecular flexibility index (Phi) is 5.80. The molecule has 2 aromatic rings. The SMILES string of the molecule is COC(=O)c1c(NC(=O)c2ccc(S(=O)(=O)C(F)F)cc2)sc2c1CCCC2. The van der Waals surface area contributed by atoms with Gasteiger partial charge in [0, 0.05) is 10.4 Å². The third kappa shape index (κ3) is 3.79. The van der Waals surface area contributed by atoms with Gasteiger partial charge in [-0.1, -0.05) is 0 Å². The summed E-state index contributed by atoms with van der Waals surface area (Å²) in [6, 6.07) is 4.21. The van der Waals surface area contributed by atoms with Crippen LogP contribution in [0.15, 0.2) is 29.2 Å². The standard InChI is InChI=1S/C18H17F2NO5S2/c1-26-17(23)14-12-4-2-3-5-13(12)27-16(14)21-15(22)10-6-8-11(9-7-10)28(24,25)18(19)20/h6-9,18H,2-5H2,1H3,(H,21,22). The monoisotopic (exact) mass is 429 g/mol. The van der Waals surface area contributed by atoms with Crippen molar-refractivity contribution < 1.29 is 31.5 Å². The van der Waals surface area contributed by atoms with E-state index in [2.05, 4.69) is 5.32 Å². The third-order valence-electron chi connectivity index (χ3n) is 4.47. The number of methoxy groups -OCH3 is 1. The van der Waals surface area contributed by atoms with Gasteiger partial charge in [0.15, 0.2) is 0 Å². The summed E-state index contributed by atoms with van der Waals surface area (Å²) in [6.45, 7) is 0. The maximum absolute atomic E-state index is 12.6. The van der Waals surface area contributed by atoms with Crippen LogP contribution in [0.1, 0.15) is 44.0 Å². The van der Waals surface area contributed by atoms with E-state index in [-0.39, 0.29) is 5.56 Å². The molecule has 1 aromatic heterocycles. The van der Waals surface area contributed by atoms with Gasteiger partial charge in [0.2, 0.25) is 9.84 Å². The first-order valence-corrected chi connectivity index (χ1v) is 10.8. The Bertz CT molecular complexity index is 1010. The van der Waals surface area contributed by atoms with Gasteiger partial charge >= 0.3 is 11.7 Å². The number of aryl methyl sites for hydroxylation is 1. The average molecular weight is 429 g/mol. The molecular formula is C18H17F2NO5S2. The van der Waals surface area contributed by atoms with Crippen LogP contribution in [0.3, 0.4) is 0 Å². The number of rotatable bonds is 5. The number of sulfone groups is 1. The summed E-state index contributed by atoms with van der Waals surface area (Å²) in [5, 5.41) is 3.03. The van der Waals surface area contributed by atoms with Crippen molar-refractivity contribution >= 4 is 38.1 Å². The molecule has 28 heavy (non-hydrogen) atoms. The van der Waals surface area contributed by atoms with Crippen molar-refractivity contribution in [2.24, 2.45) is 0 Å². The Morgan fingerprint density at radius 1 is 1.14 bits per heavy atom. The van der Waals surface area contributed by atoms with Crippen LogP contribution >= 0.6 is 11.3 Å². The fourth-order valence-corrected chi connectivity index (χ4v) is 5.04. The van der Waals surface area contributed by atoms with Crippen LogP contribution < -0.4 is 5.32 Å². The summed E-state index contributed by atoms with van der Waals surface area (Å²) in [4.78, 5) is 25.2. The Morgan fingerprint density at radius 2 is 1.79 bits per heavy atom. The Morgan fingerprint density at radius 3 is 2.39 bits per heavy atom. The van der Waals surface area contributed by atoms with Gasteiger partial charge in [-0.05, 0) is 55.5 Å². The Labute approximate surface area is 164 Å². The van der Waals surface area contributed by atoms with Crippen molar-refractivity contribution in [1.82, 2.24) is 0 Å². The quantitative estimate of drug-likeness (QED) is 0.733. The van der Waals surface area contributed by atoms with Gasteiger partial charge in [-0.15, -0.1) is 11.3 Å². The van der Waals surface area contributed by atoms with E-state index in [9.17, 15) is 26.8 Å². The molecule has 1 aliphatic rings. The molecule has 1 aliphatic carbocycles. The Balaban J connectivity index is 1.87. The van der Waals surface area contributed by atoms with Crippen LogP contribution in [-0.4, -0.2) is 33.2 Å². The maximum atomic E-state index is 12.6. The van der Waals surface area contributed by atoms with Crippen LogP contribution in [0.2, 0.25) is 0 Å². The fraction of sp³-hybridized carbons (Fsp3) is 0.333. The number of carbonyl (C=O) groups is 2. The van der Waals surface area contributed by atoms with Gasteiger partial charge in [-0.2, -0.15) is 8.78 Å². The molecule has 10 heteroatoms. The van der Waals surface area contributed by atoms with E-state index in [0.717, 1.165) is 60.4 Å². The molecule has 0 bridgehead atoms. The highest BCUT2D eigenvalue weighted by Crippen LogP contribution is 2.38. The maximum Gasteiger partial charge on any atom is 0.341 e. The van der Waals surface area contributed by atoms with E-state index in [1.807, 2.05) is 0 Å². The summed E-state index contributed by atoms with van der Waals surface area (Å²) in [7, 11) is -3.46. The molecule has 150 valence electrons. The van der Waals surface area contributed by atoms with Crippen molar-refractivity contribution in [2.75, 3.05) is 12.4 Å². The molecule has 0 unspecified atom stereocenters. The molecule has 0 saturated heterocycles. The number of benzene rings is 1. The number of anilines is 1. The van der Waals surface area contributed by atoms with E-state index in [1.54, 1.807) is 0 Å². The average Bonchev–Trinajstić information content (AvgIpc) is 3.05. The minimum absolute atomic E-state index is 0.0791. The second kappa shape index (κ2) is 7.96. The van der Waals surface area contributed by atoms with E-state index in [1.165, 1.54) is 18.4 Å². The third-order valence-corrected chi connectivity index (χ3v) is 7.07. The van der Waals surface area contributed by atoms with Crippen molar-refractivity contribution in [3.63, 3.8) is 0 Å². The van der Waals surface area contributed by atoms with Gasteiger partial charge < -0.3 is 10.1 Å². The molecular weight excluding hydrogens is 412 g/mol. The molecule has 6 nitrogen and oxygen atoms in total. The Hall–Kier alpha value is -2.33. The number of esters is 1. The zero-order valence-corrected chi connectivity index (χ0v) is 16.5. The lowest BCUT2D eigenvalue weighted by Crippen LogP contribution is -2.16. The van der Waals surface area contributed by atoms with Gasteiger partial charge in [0.1, 0.15) is 5.00 Å². The number of thiophene rings is 1. The van der Waals surface area contributed by atoms with E-state index in [4.69, 9.17) is 4.74 Å². The number of hydrogen-bond acceptors (Lipinski definition) is 6. The van der Waals surface area contributed by atoms with E-state index >= 15 is 0 Å². The number of halogens is 2. The normalized spacial score (nSPS) is 13.9. The second-order valence-electron chi connectivity index (χ2n) is 6.19. The van der Waals surface area contributed by atoms with Crippen molar-refractivity contribution in [1.29, 1.82) is 0 Å². The number of hydrogen-bond donors (Lipinski definition) is 1. The summed E-state index contributed by atoms with van der Waals surface area (Å²) >= 11 is 1.31. The molecule has 3 rings (SSSR count). The lowest BCUT2D eigenvalue weighted by atomic mass is 9.95. The highest BCUT2D eigenvalue weighted by molar-refractivity contribution is 7.91. The number of alkyl halides is 2. The lowest BCUT2D eigenvalue weighted by Gasteiger charge is -2.11. The van der Waals surface area contributed by atoms with Crippen LogP contribution in [-0.2, 0) is 27.4 Å².